The molecule has 1 heterocycles. The highest BCUT2D eigenvalue weighted by Crippen LogP contribution is 2.13. The van der Waals surface area contributed by atoms with Gasteiger partial charge in [-0.05, 0) is 15.9 Å². The fraction of sp³-hybridized carbons (Fsp3) is 0. The average Bonchev–Trinajstić information content (AvgIpc) is 2.10. The van der Waals surface area contributed by atoms with E-state index in [0.717, 1.165) is 6.29 Å². The summed E-state index contributed by atoms with van der Waals surface area (Å²) in [6.45, 7) is 0. The number of hydrogen-bond donors (Lipinski definition) is 0. The van der Waals surface area contributed by atoms with Crippen LogP contribution < -0.4 is 4.91 Å². The van der Waals surface area contributed by atoms with Crippen LogP contribution in [-0.2, 0) is 0 Å². The lowest BCUT2D eigenvalue weighted by Gasteiger charge is -1.74. The molecular weight excluding hydrogens is 201 g/mol. The Morgan fingerprint density at radius 3 is 2.67 bits per heavy atom. The molecule has 5 heteroatoms. The molecule has 0 spiro atoms. The van der Waals surface area contributed by atoms with E-state index < -0.39 is 0 Å². The molecule has 1 rings (SSSR count). The molecule has 2 radical (unpaired) electrons. The molecule has 0 bridgehead atoms. The number of hydrogen-bond acceptors (Lipinski definition) is 3. The van der Waals surface area contributed by atoms with Gasteiger partial charge in [-0.1, -0.05) is 0 Å². The van der Waals surface area contributed by atoms with Crippen LogP contribution in [0.15, 0.2) is 4.60 Å². The van der Waals surface area contributed by atoms with E-state index in [4.69, 9.17) is 7.85 Å². The average molecular weight is 202 g/mol. The van der Waals surface area contributed by atoms with Gasteiger partial charge in [0.2, 0.25) is 0 Å². The van der Waals surface area contributed by atoms with Gasteiger partial charge in [-0.15, -0.1) is 11.3 Å². The highest BCUT2D eigenvalue weighted by molar-refractivity contribution is 9.10. The third-order valence-electron chi connectivity index (χ3n) is 0.733. The summed E-state index contributed by atoms with van der Waals surface area (Å²) in [5.74, 6) is 0. The highest BCUT2D eigenvalue weighted by atomic mass is 79.9. The van der Waals surface area contributed by atoms with Crippen LogP contribution in [0.5, 0.6) is 0 Å². The van der Waals surface area contributed by atoms with Crippen LogP contribution in [0.4, 0.5) is 0 Å². The maximum Gasteiger partial charge on any atom is 0.162 e. The van der Waals surface area contributed by atoms with Crippen LogP contribution in [0, 0.1) is 0 Å². The number of carbonyl (C=O) groups is 1. The maximum atomic E-state index is 10.1. The van der Waals surface area contributed by atoms with Gasteiger partial charge in [-0.25, -0.2) is 4.98 Å². The Labute approximate surface area is 65.8 Å². The van der Waals surface area contributed by atoms with Crippen molar-refractivity contribution >= 4 is 46.3 Å². The molecule has 0 saturated heterocycles. The van der Waals surface area contributed by atoms with Gasteiger partial charge in [-0.3, -0.25) is 4.79 Å². The minimum Gasteiger partial charge on any atom is -0.297 e. The lowest BCUT2D eigenvalue weighted by atomic mass is 10.2. The zero-order chi connectivity index (χ0) is 6.85. The Morgan fingerprint density at radius 2 is 2.44 bits per heavy atom. The summed E-state index contributed by atoms with van der Waals surface area (Å²) in [4.78, 5) is 14.8. The van der Waals surface area contributed by atoms with Gasteiger partial charge in [0.05, 0.1) is 0 Å². The summed E-state index contributed by atoms with van der Waals surface area (Å²) < 4.78 is 0.528. The molecule has 1 aromatic rings. The second-order valence-electron chi connectivity index (χ2n) is 1.33. The lowest BCUT2D eigenvalue weighted by Crippen LogP contribution is -1.96. The van der Waals surface area contributed by atoms with Gasteiger partial charge >= 0.3 is 0 Å². The van der Waals surface area contributed by atoms with Gasteiger partial charge in [0.25, 0.3) is 0 Å². The number of halogens is 1. The Kier molecular flexibility index (Phi) is 2.03. The summed E-state index contributed by atoms with van der Waals surface area (Å²) in [5.41, 5.74) is 0. The minimum absolute atomic E-state index is 0.406. The monoisotopic (exact) mass is 201 g/mol. The van der Waals surface area contributed by atoms with Crippen LogP contribution in [0.3, 0.4) is 0 Å². The third-order valence-corrected chi connectivity index (χ3v) is 2.41. The molecule has 0 aliphatic carbocycles. The van der Waals surface area contributed by atoms with Gasteiger partial charge in [0.15, 0.2) is 14.1 Å². The zero-order valence-corrected chi connectivity index (χ0v) is 6.70. The first-order valence-electron chi connectivity index (χ1n) is 2.11. The van der Waals surface area contributed by atoms with E-state index in [2.05, 4.69) is 20.9 Å². The van der Waals surface area contributed by atoms with Crippen LogP contribution in [0.2, 0.25) is 0 Å². The topological polar surface area (TPSA) is 30.0 Å². The smallest absolute Gasteiger partial charge is 0.162 e. The number of rotatable bonds is 1. The largest absolute Gasteiger partial charge is 0.297 e. The normalized spacial score (nSPS) is 9.44. The second kappa shape index (κ2) is 2.62. The van der Waals surface area contributed by atoms with E-state index in [1.165, 1.54) is 11.3 Å². The van der Waals surface area contributed by atoms with Crippen LogP contribution in [0.1, 0.15) is 9.67 Å². The number of carbonyl (C=O) groups excluding carboxylic acids is 1. The van der Waals surface area contributed by atoms with Gasteiger partial charge in [-0.2, -0.15) is 0 Å². The summed E-state index contributed by atoms with van der Waals surface area (Å²) in [6, 6.07) is 0. The fourth-order valence-corrected chi connectivity index (χ4v) is 1.59. The van der Waals surface area contributed by atoms with Crippen molar-refractivity contribution < 1.29 is 4.79 Å². The van der Waals surface area contributed by atoms with Crippen molar-refractivity contribution in [3.63, 3.8) is 0 Å². The predicted molar refractivity (Wildman–Crippen MR) is 40.6 cm³/mol. The Balaban J connectivity index is 3.15. The lowest BCUT2D eigenvalue weighted by molar-refractivity contribution is 0.112. The van der Waals surface area contributed by atoms with Gasteiger partial charge < -0.3 is 0 Å². The number of thiazole rings is 1. The summed E-state index contributed by atoms with van der Waals surface area (Å²) >= 11 is 4.23. The van der Waals surface area contributed by atoms with Gasteiger partial charge in [0.1, 0.15) is 9.48 Å². The van der Waals surface area contributed by atoms with Gasteiger partial charge in [0, 0.05) is 4.91 Å². The SMILES string of the molecule is [B]c1nc(Br)c(C=O)s1. The van der Waals surface area contributed by atoms with E-state index in [9.17, 15) is 4.79 Å². The van der Waals surface area contributed by atoms with Crippen molar-refractivity contribution in [2.45, 2.75) is 0 Å². The van der Waals surface area contributed by atoms with E-state index >= 15 is 0 Å². The Hall–Kier alpha value is -0.155. The maximum absolute atomic E-state index is 10.1. The van der Waals surface area contributed by atoms with E-state index in [1.807, 2.05) is 0 Å². The molecule has 0 saturated carbocycles. The molecular formula is C4HBBrNOS. The molecule has 0 aromatic carbocycles. The molecule has 0 aliphatic rings. The van der Waals surface area contributed by atoms with Crippen LogP contribution in [0.25, 0.3) is 0 Å². The summed E-state index contributed by atoms with van der Waals surface area (Å²) in [5, 5.41) is 0. The van der Waals surface area contributed by atoms with E-state index in [0.29, 0.717) is 14.4 Å². The Bertz CT molecular complexity index is 236. The van der Waals surface area contributed by atoms with E-state index in [-0.39, 0.29) is 0 Å². The number of aromatic nitrogens is 1. The van der Waals surface area contributed by atoms with Crippen molar-refractivity contribution in [3.05, 3.63) is 9.48 Å². The van der Waals surface area contributed by atoms with Crippen molar-refractivity contribution in [2.75, 3.05) is 0 Å². The Morgan fingerprint density at radius 1 is 1.78 bits per heavy atom. The van der Waals surface area contributed by atoms with Crippen molar-refractivity contribution in [1.29, 1.82) is 0 Å². The van der Waals surface area contributed by atoms with Crippen LogP contribution in [-0.4, -0.2) is 19.1 Å². The number of aldehydes is 1. The zero-order valence-electron chi connectivity index (χ0n) is 4.30. The highest BCUT2D eigenvalue weighted by Gasteiger charge is 2.02. The first kappa shape index (κ1) is 6.96. The molecule has 0 amide bonds. The van der Waals surface area contributed by atoms with Crippen LogP contribution >= 0.6 is 27.3 Å². The minimum atomic E-state index is 0.406. The molecule has 0 atom stereocenters. The van der Waals surface area contributed by atoms with Crippen molar-refractivity contribution in [3.8, 4) is 0 Å². The van der Waals surface area contributed by atoms with E-state index in [1.54, 1.807) is 0 Å². The first-order valence-corrected chi connectivity index (χ1v) is 3.72. The molecule has 0 aliphatic heterocycles. The number of nitrogens with zero attached hydrogens (tertiary/aromatic N) is 1. The quantitative estimate of drug-likeness (QED) is 0.490. The fourth-order valence-electron chi connectivity index (χ4n) is 0.402. The molecule has 0 fully saturated rings. The summed E-state index contributed by atoms with van der Waals surface area (Å²) in [6.07, 6.45) is 0.720. The summed E-state index contributed by atoms with van der Waals surface area (Å²) in [7, 11) is 5.27. The van der Waals surface area contributed by atoms with Crippen molar-refractivity contribution in [2.24, 2.45) is 0 Å². The predicted octanol–water partition coefficient (Wildman–Crippen LogP) is 0.512. The molecule has 0 unspecified atom stereocenters. The molecule has 0 N–H and O–H groups in total. The molecule has 9 heavy (non-hydrogen) atoms. The standard InChI is InChI=1S/C4HBBrNOS/c5-4-7-3(6)2(1-8)9-4/h1H. The third kappa shape index (κ3) is 1.40. The molecule has 1 aromatic heterocycles. The van der Waals surface area contributed by atoms with Crippen molar-refractivity contribution in [1.82, 2.24) is 4.98 Å². The molecule has 44 valence electrons. The first-order chi connectivity index (χ1) is 4.24. The second-order valence-corrected chi connectivity index (χ2v) is 3.14. The molecule has 2 nitrogen and oxygen atoms in total.